The third kappa shape index (κ3) is 8.79. The molecule has 0 radical (unpaired) electrons. The second kappa shape index (κ2) is 13.5. The SMILES string of the molecule is CCCC(CNC(=O)c1ccc(C(O)CNCCc2ccccc2C(C)=O)cc1)CC(=O)O. The summed E-state index contributed by atoms with van der Waals surface area (Å²) in [4.78, 5) is 35.0. The molecule has 7 heteroatoms. The van der Waals surface area contributed by atoms with Gasteiger partial charge >= 0.3 is 5.97 Å². The van der Waals surface area contributed by atoms with E-state index in [2.05, 4.69) is 10.6 Å². The number of aliphatic hydroxyl groups is 1. The molecule has 2 atom stereocenters. The number of carboxylic acid groups (broad SMARTS) is 1. The fourth-order valence-electron chi connectivity index (χ4n) is 3.79. The zero-order valence-electron chi connectivity index (χ0n) is 19.3. The average Bonchev–Trinajstić information content (AvgIpc) is 2.80. The van der Waals surface area contributed by atoms with Crippen molar-refractivity contribution in [2.24, 2.45) is 5.92 Å². The van der Waals surface area contributed by atoms with Crippen LogP contribution in [0.15, 0.2) is 48.5 Å². The largest absolute Gasteiger partial charge is 0.481 e. The minimum Gasteiger partial charge on any atom is -0.481 e. The minimum atomic E-state index is -0.863. The van der Waals surface area contributed by atoms with Crippen molar-refractivity contribution in [3.63, 3.8) is 0 Å². The summed E-state index contributed by atoms with van der Waals surface area (Å²) in [5.74, 6) is -1.17. The fourth-order valence-corrected chi connectivity index (χ4v) is 3.79. The smallest absolute Gasteiger partial charge is 0.303 e. The van der Waals surface area contributed by atoms with E-state index in [0.29, 0.717) is 37.2 Å². The average molecular weight is 455 g/mol. The van der Waals surface area contributed by atoms with E-state index in [0.717, 1.165) is 24.0 Å². The molecule has 2 rings (SSSR count). The fraction of sp³-hybridized carbons (Fsp3) is 0.423. The maximum atomic E-state index is 12.4. The van der Waals surface area contributed by atoms with Crippen molar-refractivity contribution in [3.8, 4) is 0 Å². The van der Waals surface area contributed by atoms with Crippen molar-refractivity contribution in [2.45, 2.75) is 45.6 Å². The van der Waals surface area contributed by atoms with E-state index in [9.17, 15) is 19.5 Å². The quantitative estimate of drug-likeness (QED) is 0.257. The van der Waals surface area contributed by atoms with Crippen LogP contribution in [0.2, 0.25) is 0 Å². The van der Waals surface area contributed by atoms with Crippen molar-refractivity contribution < 1.29 is 24.6 Å². The van der Waals surface area contributed by atoms with Crippen LogP contribution in [0.5, 0.6) is 0 Å². The van der Waals surface area contributed by atoms with Crippen molar-refractivity contribution in [1.82, 2.24) is 10.6 Å². The topological polar surface area (TPSA) is 116 Å². The number of aliphatic hydroxyl groups excluding tert-OH is 1. The number of carbonyl (C=O) groups excluding carboxylic acids is 2. The lowest BCUT2D eigenvalue weighted by Gasteiger charge is -2.15. The van der Waals surface area contributed by atoms with E-state index in [1.54, 1.807) is 31.2 Å². The number of carboxylic acids is 1. The molecule has 2 aromatic carbocycles. The summed E-state index contributed by atoms with van der Waals surface area (Å²) in [5.41, 5.74) is 2.85. The summed E-state index contributed by atoms with van der Waals surface area (Å²) < 4.78 is 0. The first kappa shape index (κ1) is 26.2. The van der Waals surface area contributed by atoms with Crippen molar-refractivity contribution in [1.29, 1.82) is 0 Å². The molecule has 2 unspecified atom stereocenters. The molecular weight excluding hydrogens is 420 g/mol. The second-order valence-corrected chi connectivity index (χ2v) is 8.27. The van der Waals surface area contributed by atoms with Crippen LogP contribution in [0.1, 0.15) is 71.1 Å². The molecule has 2 aromatic rings. The van der Waals surface area contributed by atoms with E-state index in [1.807, 2.05) is 31.2 Å². The summed E-state index contributed by atoms with van der Waals surface area (Å²) in [6, 6.07) is 14.3. The summed E-state index contributed by atoms with van der Waals surface area (Å²) in [6.45, 7) is 4.83. The highest BCUT2D eigenvalue weighted by Crippen LogP contribution is 2.15. The number of carbonyl (C=O) groups is 3. The Morgan fingerprint density at radius 1 is 1.00 bits per heavy atom. The van der Waals surface area contributed by atoms with Gasteiger partial charge in [-0.1, -0.05) is 49.7 Å². The highest BCUT2D eigenvalue weighted by molar-refractivity contribution is 5.95. The molecule has 1 amide bonds. The van der Waals surface area contributed by atoms with Gasteiger partial charge in [-0.3, -0.25) is 14.4 Å². The van der Waals surface area contributed by atoms with Crippen molar-refractivity contribution in [2.75, 3.05) is 19.6 Å². The number of hydrogen-bond acceptors (Lipinski definition) is 5. The lowest BCUT2D eigenvalue weighted by Crippen LogP contribution is -2.30. The van der Waals surface area contributed by atoms with Gasteiger partial charge in [-0.15, -0.1) is 0 Å². The normalized spacial score (nSPS) is 12.7. The van der Waals surface area contributed by atoms with Gasteiger partial charge in [0.1, 0.15) is 0 Å². The molecule has 0 aliphatic carbocycles. The minimum absolute atomic E-state index is 0.0343. The predicted molar refractivity (Wildman–Crippen MR) is 127 cm³/mol. The Kier molecular flexibility index (Phi) is 10.7. The third-order valence-electron chi connectivity index (χ3n) is 5.57. The Morgan fingerprint density at radius 2 is 1.70 bits per heavy atom. The van der Waals surface area contributed by atoms with Crippen LogP contribution in [0, 0.1) is 5.92 Å². The first-order chi connectivity index (χ1) is 15.8. The molecule has 0 saturated carbocycles. The third-order valence-corrected chi connectivity index (χ3v) is 5.57. The van der Waals surface area contributed by atoms with E-state index in [4.69, 9.17) is 5.11 Å². The summed E-state index contributed by atoms with van der Waals surface area (Å²) in [7, 11) is 0. The summed E-state index contributed by atoms with van der Waals surface area (Å²) in [6.07, 6.45) is 1.59. The molecule has 0 aliphatic heterocycles. The molecule has 0 bridgehead atoms. The first-order valence-electron chi connectivity index (χ1n) is 11.4. The van der Waals surface area contributed by atoms with Crippen LogP contribution >= 0.6 is 0 Å². The molecule has 0 heterocycles. The molecule has 0 spiro atoms. The summed E-state index contributed by atoms with van der Waals surface area (Å²) >= 11 is 0. The predicted octanol–water partition coefficient (Wildman–Crippen LogP) is 3.38. The van der Waals surface area contributed by atoms with Crippen LogP contribution in [0.3, 0.4) is 0 Å². The highest BCUT2D eigenvalue weighted by atomic mass is 16.4. The van der Waals surface area contributed by atoms with Crippen LogP contribution in [-0.2, 0) is 11.2 Å². The monoisotopic (exact) mass is 454 g/mol. The number of nitrogens with one attached hydrogen (secondary N) is 2. The Morgan fingerprint density at radius 3 is 2.33 bits per heavy atom. The zero-order valence-corrected chi connectivity index (χ0v) is 19.3. The summed E-state index contributed by atoms with van der Waals surface area (Å²) in [5, 5.41) is 25.4. The number of benzene rings is 2. The maximum Gasteiger partial charge on any atom is 0.303 e. The van der Waals surface area contributed by atoms with E-state index in [-0.39, 0.29) is 24.0 Å². The van der Waals surface area contributed by atoms with Crippen LogP contribution < -0.4 is 10.6 Å². The number of ketones is 1. The van der Waals surface area contributed by atoms with Crippen LogP contribution in [0.25, 0.3) is 0 Å². The van der Waals surface area contributed by atoms with Gasteiger partial charge in [0.25, 0.3) is 5.91 Å². The molecule has 178 valence electrons. The number of Topliss-reactive ketones (excluding diaryl/α,β-unsaturated/α-hetero) is 1. The van der Waals surface area contributed by atoms with E-state index < -0.39 is 12.1 Å². The highest BCUT2D eigenvalue weighted by Gasteiger charge is 2.15. The molecule has 0 aromatic heterocycles. The Hall–Kier alpha value is -3.03. The van der Waals surface area contributed by atoms with Gasteiger partial charge in [0.15, 0.2) is 5.78 Å². The Labute approximate surface area is 195 Å². The van der Waals surface area contributed by atoms with Gasteiger partial charge in [0.05, 0.1) is 6.10 Å². The van der Waals surface area contributed by atoms with Gasteiger partial charge in [0, 0.05) is 30.6 Å². The first-order valence-corrected chi connectivity index (χ1v) is 11.4. The van der Waals surface area contributed by atoms with Gasteiger partial charge in [-0.2, -0.15) is 0 Å². The van der Waals surface area contributed by atoms with Gasteiger partial charge in [-0.05, 0) is 55.5 Å². The second-order valence-electron chi connectivity index (χ2n) is 8.27. The van der Waals surface area contributed by atoms with Gasteiger partial charge < -0.3 is 20.8 Å². The van der Waals surface area contributed by atoms with E-state index in [1.165, 1.54) is 0 Å². The van der Waals surface area contributed by atoms with Crippen LogP contribution in [-0.4, -0.2) is 47.5 Å². The molecule has 0 fully saturated rings. The van der Waals surface area contributed by atoms with Gasteiger partial charge in [-0.25, -0.2) is 0 Å². The molecule has 0 aliphatic rings. The van der Waals surface area contributed by atoms with Crippen LogP contribution in [0.4, 0.5) is 0 Å². The Balaban J connectivity index is 1.81. The standard InChI is InChI=1S/C26H34N2O5/c1-3-6-19(15-25(31)32)16-28-26(33)22-11-9-21(10-12-22)24(30)17-27-14-13-20-7-4-5-8-23(20)18(2)29/h4-5,7-12,19,24,27,30H,3,6,13-17H2,1-2H3,(H,28,33)(H,31,32). The number of aliphatic carboxylic acids is 1. The molecule has 7 nitrogen and oxygen atoms in total. The van der Waals surface area contributed by atoms with Crippen molar-refractivity contribution in [3.05, 3.63) is 70.8 Å². The molecule has 0 saturated heterocycles. The number of amides is 1. The lowest BCUT2D eigenvalue weighted by molar-refractivity contribution is -0.138. The van der Waals surface area contributed by atoms with Crippen molar-refractivity contribution >= 4 is 17.7 Å². The Bertz CT molecular complexity index is 927. The molecular formula is C26H34N2O5. The van der Waals surface area contributed by atoms with E-state index >= 15 is 0 Å². The molecule has 4 N–H and O–H groups in total. The molecule has 33 heavy (non-hydrogen) atoms. The number of hydrogen-bond donors (Lipinski definition) is 4. The lowest BCUT2D eigenvalue weighted by atomic mass is 9.99. The van der Waals surface area contributed by atoms with Gasteiger partial charge in [0.2, 0.25) is 0 Å². The maximum absolute atomic E-state index is 12.4. The number of rotatable bonds is 14. The zero-order chi connectivity index (χ0) is 24.2.